The zero-order valence-electron chi connectivity index (χ0n) is 9.76. The lowest BCUT2D eigenvalue weighted by Crippen LogP contribution is -2.00. The van der Waals surface area contributed by atoms with Crippen LogP contribution < -0.4 is 0 Å². The number of aromatic nitrogens is 3. The lowest BCUT2D eigenvalue weighted by molar-refractivity contribution is -0.134. The number of carbonyl (C=O) groups is 1. The largest absolute Gasteiger partial charge is 0.425 e. The molecule has 0 spiro atoms. The summed E-state index contributed by atoms with van der Waals surface area (Å²) < 4.78 is 39.2. The number of carbonyl (C=O) groups excluding carboxylic acids is 1. The first-order valence-electron chi connectivity index (χ1n) is 5.46. The third kappa shape index (κ3) is 2.07. The number of imidazole rings is 1. The summed E-state index contributed by atoms with van der Waals surface area (Å²) in [7, 11) is 0. The Kier molecular flexibility index (Phi) is 2.82. The summed E-state index contributed by atoms with van der Waals surface area (Å²) >= 11 is 0.612. The molecule has 0 aliphatic rings. The van der Waals surface area contributed by atoms with Gasteiger partial charge in [0.15, 0.2) is 11.9 Å². The summed E-state index contributed by atoms with van der Waals surface area (Å²) in [4.78, 5) is 14.5. The molecule has 0 aromatic carbocycles. The molecule has 4 nitrogen and oxygen atoms in total. The second-order valence-corrected chi connectivity index (χ2v) is 5.03. The Labute approximate surface area is 114 Å². The van der Waals surface area contributed by atoms with Crippen molar-refractivity contribution in [3.63, 3.8) is 0 Å². The highest BCUT2D eigenvalue weighted by atomic mass is 32.1. The van der Waals surface area contributed by atoms with E-state index in [1.54, 1.807) is 6.07 Å². The van der Waals surface area contributed by atoms with Gasteiger partial charge in [0.05, 0.1) is 11.1 Å². The molecule has 3 rings (SSSR count). The Morgan fingerprint density at radius 3 is 2.65 bits per heavy atom. The van der Waals surface area contributed by atoms with Gasteiger partial charge in [0, 0.05) is 0 Å². The monoisotopic (exact) mass is 297 g/mol. The predicted molar refractivity (Wildman–Crippen MR) is 66.7 cm³/mol. The standard InChI is InChI=1S/C12H6F3N3OS/c13-12(14,15)10-3-2-9(20-10)8-5-16-11-4-1-7(6-19)17-18(8)11/h1-6H. The smallest absolute Gasteiger partial charge is 0.296 e. The number of hydrogen-bond acceptors (Lipinski definition) is 4. The van der Waals surface area contributed by atoms with E-state index in [0.29, 0.717) is 33.8 Å². The first kappa shape index (κ1) is 12.8. The van der Waals surface area contributed by atoms with E-state index in [9.17, 15) is 18.0 Å². The Morgan fingerprint density at radius 1 is 1.20 bits per heavy atom. The number of fused-ring (bicyclic) bond motifs is 1. The van der Waals surface area contributed by atoms with Crippen LogP contribution in [0.5, 0.6) is 0 Å². The number of aldehydes is 1. The van der Waals surface area contributed by atoms with Crippen molar-refractivity contribution in [2.24, 2.45) is 0 Å². The highest BCUT2D eigenvalue weighted by Crippen LogP contribution is 2.38. The Balaban J connectivity index is 2.14. The van der Waals surface area contributed by atoms with Crippen LogP contribution in [0.1, 0.15) is 15.4 Å². The molecule has 20 heavy (non-hydrogen) atoms. The molecule has 3 aromatic rings. The molecule has 0 fully saturated rings. The lowest BCUT2D eigenvalue weighted by atomic mass is 10.3. The van der Waals surface area contributed by atoms with Gasteiger partial charge in [-0.1, -0.05) is 0 Å². The van der Waals surface area contributed by atoms with Crippen LogP contribution in [0, 0.1) is 0 Å². The van der Waals surface area contributed by atoms with Crippen LogP contribution in [0.15, 0.2) is 30.5 Å². The van der Waals surface area contributed by atoms with E-state index < -0.39 is 11.1 Å². The van der Waals surface area contributed by atoms with Crippen molar-refractivity contribution in [1.29, 1.82) is 0 Å². The molecule has 0 atom stereocenters. The van der Waals surface area contributed by atoms with Gasteiger partial charge in [-0.2, -0.15) is 18.3 Å². The van der Waals surface area contributed by atoms with E-state index in [1.165, 1.54) is 22.8 Å². The Morgan fingerprint density at radius 2 is 2.00 bits per heavy atom. The van der Waals surface area contributed by atoms with Crippen molar-refractivity contribution in [3.05, 3.63) is 41.0 Å². The zero-order valence-corrected chi connectivity index (χ0v) is 10.6. The fourth-order valence-corrected chi connectivity index (χ4v) is 2.61. The fraction of sp³-hybridized carbons (Fsp3) is 0.0833. The van der Waals surface area contributed by atoms with Crippen LogP contribution in [-0.2, 0) is 6.18 Å². The van der Waals surface area contributed by atoms with Crippen molar-refractivity contribution in [3.8, 4) is 10.6 Å². The number of thiophene rings is 1. The van der Waals surface area contributed by atoms with Gasteiger partial charge in [-0.3, -0.25) is 4.79 Å². The molecule has 8 heteroatoms. The highest BCUT2D eigenvalue weighted by molar-refractivity contribution is 7.15. The van der Waals surface area contributed by atoms with Gasteiger partial charge in [0.1, 0.15) is 16.3 Å². The topological polar surface area (TPSA) is 47.3 Å². The van der Waals surface area contributed by atoms with Crippen LogP contribution in [0.4, 0.5) is 13.2 Å². The molecule has 0 aliphatic carbocycles. The van der Waals surface area contributed by atoms with E-state index in [0.717, 1.165) is 6.07 Å². The molecule has 0 bridgehead atoms. The minimum atomic E-state index is -4.37. The molecule has 102 valence electrons. The molecular formula is C12H6F3N3OS. The van der Waals surface area contributed by atoms with Crippen molar-refractivity contribution >= 4 is 23.3 Å². The van der Waals surface area contributed by atoms with Crippen LogP contribution >= 0.6 is 11.3 Å². The Bertz CT molecular complexity index is 791. The molecule has 0 amide bonds. The fourth-order valence-electron chi connectivity index (χ4n) is 1.75. The molecule has 0 radical (unpaired) electrons. The van der Waals surface area contributed by atoms with Gasteiger partial charge < -0.3 is 0 Å². The third-order valence-electron chi connectivity index (χ3n) is 2.64. The molecule has 0 saturated heterocycles. The zero-order chi connectivity index (χ0) is 14.3. The van der Waals surface area contributed by atoms with E-state index >= 15 is 0 Å². The second kappa shape index (κ2) is 4.41. The molecule has 3 heterocycles. The van der Waals surface area contributed by atoms with Crippen LogP contribution in [0.25, 0.3) is 16.2 Å². The molecule has 0 aliphatic heterocycles. The highest BCUT2D eigenvalue weighted by Gasteiger charge is 2.32. The number of hydrogen-bond donors (Lipinski definition) is 0. The van der Waals surface area contributed by atoms with Gasteiger partial charge in [0.2, 0.25) is 0 Å². The average Bonchev–Trinajstić information content (AvgIpc) is 3.03. The Hall–Kier alpha value is -2.22. The SMILES string of the molecule is O=Cc1ccc2ncc(-c3ccc(C(F)(F)F)s3)n2n1. The normalized spacial score (nSPS) is 11.9. The molecular weight excluding hydrogens is 291 g/mol. The third-order valence-corrected chi connectivity index (χ3v) is 3.79. The van der Waals surface area contributed by atoms with E-state index in [4.69, 9.17) is 0 Å². The summed E-state index contributed by atoms with van der Waals surface area (Å²) in [6.07, 6.45) is -2.37. The summed E-state index contributed by atoms with van der Waals surface area (Å²) in [6.45, 7) is 0. The van der Waals surface area contributed by atoms with Crippen molar-refractivity contribution in [2.75, 3.05) is 0 Å². The number of rotatable bonds is 2. The van der Waals surface area contributed by atoms with E-state index in [-0.39, 0.29) is 5.69 Å². The molecule has 3 aromatic heterocycles. The summed E-state index contributed by atoms with van der Waals surface area (Å²) in [5.74, 6) is 0. The summed E-state index contributed by atoms with van der Waals surface area (Å²) in [6, 6.07) is 5.46. The number of halogens is 3. The maximum absolute atomic E-state index is 12.6. The van der Waals surface area contributed by atoms with Gasteiger partial charge >= 0.3 is 6.18 Å². The maximum Gasteiger partial charge on any atom is 0.425 e. The second-order valence-electron chi connectivity index (χ2n) is 3.95. The first-order valence-corrected chi connectivity index (χ1v) is 6.28. The van der Waals surface area contributed by atoms with Gasteiger partial charge in [0.25, 0.3) is 0 Å². The minimum Gasteiger partial charge on any atom is -0.296 e. The van der Waals surface area contributed by atoms with Gasteiger partial charge in [-0.25, -0.2) is 9.50 Å². The quantitative estimate of drug-likeness (QED) is 0.682. The van der Waals surface area contributed by atoms with Crippen molar-refractivity contribution < 1.29 is 18.0 Å². The first-order chi connectivity index (χ1) is 9.49. The number of nitrogens with zero attached hydrogens (tertiary/aromatic N) is 3. The lowest BCUT2D eigenvalue weighted by Gasteiger charge is -2.01. The number of alkyl halides is 3. The summed E-state index contributed by atoms with van der Waals surface area (Å²) in [5, 5.41) is 4.01. The molecule has 0 saturated carbocycles. The average molecular weight is 297 g/mol. The van der Waals surface area contributed by atoms with E-state index in [2.05, 4.69) is 10.1 Å². The van der Waals surface area contributed by atoms with Crippen molar-refractivity contribution in [1.82, 2.24) is 14.6 Å². The maximum atomic E-state index is 12.6. The van der Waals surface area contributed by atoms with E-state index in [1.807, 2.05) is 0 Å². The van der Waals surface area contributed by atoms with Crippen LogP contribution in [0.3, 0.4) is 0 Å². The minimum absolute atomic E-state index is 0.185. The predicted octanol–water partition coefficient (Wildman–Crippen LogP) is 3.29. The molecule has 0 N–H and O–H groups in total. The summed E-state index contributed by atoms with van der Waals surface area (Å²) in [5.41, 5.74) is 1.07. The van der Waals surface area contributed by atoms with Gasteiger partial charge in [-0.05, 0) is 24.3 Å². The van der Waals surface area contributed by atoms with Crippen molar-refractivity contribution in [2.45, 2.75) is 6.18 Å². The van der Waals surface area contributed by atoms with Gasteiger partial charge in [-0.15, -0.1) is 11.3 Å². The molecule has 0 unspecified atom stereocenters. The van der Waals surface area contributed by atoms with Crippen LogP contribution in [0.2, 0.25) is 0 Å². The van der Waals surface area contributed by atoms with Crippen LogP contribution in [-0.4, -0.2) is 20.9 Å².